The zero-order chi connectivity index (χ0) is 14.3. The molecule has 0 bridgehead atoms. The summed E-state index contributed by atoms with van der Waals surface area (Å²) in [7, 11) is 0. The van der Waals surface area contributed by atoms with E-state index >= 15 is 0 Å². The van der Waals surface area contributed by atoms with Crippen LogP contribution in [0.5, 0.6) is 0 Å². The van der Waals surface area contributed by atoms with Crippen LogP contribution < -0.4 is 0 Å². The van der Waals surface area contributed by atoms with Gasteiger partial charge in [-0.1, -0.05) is 30.7 Å². The summed E-state index contributed by atoms with van der Waals surface area (Å²) < 4.78 is 0. The van der Waals surface area contributed by atoms with Crippen molar-refractivity contribution in [2.75, 3.05) is 0 Å². The molecule has 3 rings (SSSR count). The minimum absolute atomic E-state index is 0.202. The molecule has 2 aliphatic rings. The van der Waals surface area contributed by atoms with Gasteiger partial charge in [-0.05, 0) is 37.7 Å². The SMILES string of the molecule is CC1=CC2=C(/C=C\C(C)C1)c1nc(C(=O)O)sc1CC2. The molecule has 1 aromatic rings. The summed E-state index contributed by atoms with van der Waals surface area (Å²) in [5.41, 5.74) is 4.66. The number of thiazole rings is 1. The Hall–Kier alpha value is -1.68. The summed E-state index contributed by atoms with van der Waals surface area (Å²) in [6.07, 6.45) is 9.55. The molecule has 0 saturated heterocycles. The van der Waals surface area contributed by atoms with E-state index in [1.807, 2.05) is 0 Å². The molecule has 0 saturated carbocycles. The van der Waals surface area contributed by atoms with Gasteiger partial charge in [-0.2, -0.15) is 0 Å². The fourth-order valence-corrected chi connectivity index (χ4v) is 3.80. The van der Waals surface area contributed by atoms with Crippen LogP contribution in [-0.2, 0) is 6.42 Å². The first-order chi connectivity index (χ1) is 9.54. The van der Waals surface area contributed by atoms with Gasteiger partial charge in [-0.15, -0.1) is 11.3 Å². The normalized spacial score (nSPS) is 23.3. The number of rotatable bonds is 1. The van der Waals surface area contributed by atoms with Crippen LogP contribution in [0.4, 0.5) is 0 Å². The zero-order valence-electron chi connectivity index (χ0n) is 11.6. The van der Waals surface area contributed by atoms with Gasteiger partial charge in [0.25, 0.3) is 0 Å². The van der Waals surface area contributed by atoms with Crippen molar-refractivity contribution in [2.45, 2.75) is 33.1 Å². The van der Waals surface area contributed by atoms with Crippen LogP contribution in [0.15, 0.2) is 29.4 Å². The van der Waals surface area contributed by atoms with Crippen molar-refractivity contribution in [2.24, 2.45) is 5.92 Å². The van der Waals surface area contributed by atoms with Crippen molar-refractivity contribution >= 4 is 22.9 Å². The molecule has 1 unspecified atom stereocenters. The van der Waals surface area contributed by atoms with Crippen molar-refractivity contribution in [1.82, 2.24) is 4.98 Å². The average Bonchev–Trinajstić information content (AvgIpc) is 2.79. The number of carbonyl (C=O) groups is 1. The highest BCUT2D eigenvalue weighted by Gasteiger charge is 2.24. The molecule has 0 spiro atoms. The average molecular weight is 287 g/mol. The van der Waals surface area contributed by atoms with Gasteiger partial charge in [0, 0.05) is 10.5 Å². The molecule has 20 heavy (non-hydrogen) atoms. The Morgan fingerprint density at radius 2 is 2.25 bits per heavy atom. The maximum Gasteiger partial charge on any atom is 0.365 e. The minimum atomic E-state index is -0.929. The molecule has 1 aromatic heterocycles. The highest BCUT2D eigenvalue weighted by molar-refractivity contribution is 7.13. The topological polar surface area (TPSA) is 50.2 Å². The summed E-state index contributed by atoms with van der Waals surface area (Å²) in [5, 5.41) is 9.32. The second kappa shape index (κ2) is 5.02. The maximum atomic E-state index is 11.1. The van der Waals surface area contributed by atoms with Crippen molar-refractivity contribution < 1.29 is 9.90 Å². The number of allylic oxidation sites excluding steroid dienone is 6. The standard InChI is InChI=1S/C16H17NO2S/c1-9-3-5-12-11(8-10(2)7-9)4-6-13-14(12)17-15(20-13)16(18)19/h3,5,8-9H,4,6-7H2,1-2H3,(H,18,19)/b5-3-,10-8?. The maximum absolute atomic E-state index is 11.1. The van der Waals surface area contributed by atoms with Gasteiger partial charge in [-0.25, -0.2) is 9.78 Å². The lowest BCUT2D eigenvalue weighted by Crippen LogP contribution is -2.04. The zero-order valence-corrected chi connectivity index (χ0v) is 12.5. The highest BCUT2D eigenvalue weighted by atomic mass is 32.1. The number of nitrogens with zero attached hydrogens (tertiary/aromatic N) is 1. The highest BCUT2D eigenvalue weighted by Crippen LogP contribution is 2.37. The van der Waals surface area contributed by atoms with Gasteiger partial charge >= 0.3 is 5.97 Å². The van der Waals surface area contributed by atoms with Gasteiger partial charge in [0.05, 0.1) is 5.69 Å². The monoisotopic (exact) mass is 287 g/mol. The van der Waals surface area contributed by atoms with Crippen molar-refractivity contribution in [3.05, 3.63) is 45.0 Å². The smallest absolute Gasteiger partial charge is 0.365 e. The third-order valence-corrected chi connectivity index (χ3v) is 4.86. The van der Waals surface area contributed by atoms with Crippen LogP contribution in [0, 0.1) is 5.92 Å². The third kappa shape index (κ3) is 2.36. The van der Waals surface area contributed by atoms with Crippen LogP contribution in [0.2, 0.25) is 0 Å². The Balaban J connectivity index is 2.14. The predicted molar refractivity (Wildman–Crippen MR) is 81.0 cm³/mol. The summed E-state index contributed by atoms with van der Waals surface area (Å²) in [6, 6.07) is 0. The number of carboxylic acid groups (broad SMARTS) is 1. The molecule has 0 amide bonds. The van der Waals surface area contributed by atoms with Crippen LogP contribution in [0.1, 0.15) is 47.1 Å². The van der Waals surface area contributed by atoms with Gasteiger partial charge in [0.1, 0.15) is 0 Å². The number of hydrogen-bond donors (Lipinski definition) is 1. The van der Waals surface area contributed by atoms with Gasteiger partial charge in [0.2, 0.25) is 5.01 Å². The molecule has 2 aliphatic carbocycles. The van der Waals surface area contributed by atoms with E-state index in [-0.39, 0.29) is 5.01 Å². The molecular formula is C16H17NO2S. The van der Waals surface area contributed by atoms with Gasteiger partial charge in [0.15, 0.2) is 0 Å². The molecule has 3 nitrogen and oxygen atoms in total. The van der Waals surface area contributed by atoms with E-state index in [0.29, 0.717) is 5.92 Å². The lowest BCUT2D eigenvalue weighted by Gasteiger charge is -2.19. The molecule has 1 N–H and O–H groups in total. The Morgan fingerprint density at radius 3 is 3.00 bits per heavy atom. The van der Waals surface area contributed by atoms with E-state index in [4.69, 9.17) is 5.11 Å². The predicted octanol–water partition coefficient (Wildman–Crippen LogP) is 4.08. The van der Waals surface area contributed by atoms with Crippen LogP contribution in [0.25, 0.3) is 5.57 Å². The molecule has 104 valence electrons. The number of aromatic carboxylic acids is 1. The van der Waals surface area contributed by atoms with Gasteiger partial charge < -0.3 is 5.11 Å². The number of hydrogen-bond acceptors (Lipinski definition) is 3. The van der Waals surface area contributed by atoms with E-state index in [2.05, 4.69) is 37.1 Å². The number of aromatic nitrogens is 1. The van der Waals surface area contributed by atoms with E-state index in [0.717, 1.165) is 35.4 Å². The Labute approximate surface area is 122 Å². The van der Waals surface area contributed by atoms with E-state index in [9.17, 15) is 4.79 Å². The Morgan fingerprint density at radius 1 is 1.45 bits per heavy atom. The molecule has 1 heterocycles. The van der Waals surface area contributed by atoms with Crippen LogP contribution >= 0.6 is 11.3 Å². The van der Waals surface area contributed by atoms with Crippen LogP contribution in [0.3, 0.4) is 0 Å². The molecule has 0 aliphatic heterocycles. The van der Waals surface area contributed by atoms with E-state index < -0.39 is 5.97 Å². The summed E-state index contributed by atoms with van der Waals surface area (Å²) in [6.45, 7) is 4.37. The Bertz CT molecular complexity index is 664. The lowest BCUT2D eigenvalue weighted by atomic mass is 9.87. The molecule has 4 heteroatoms. The minimum Gasteiger partial charge on any atom is -0.476 e. The van der Waals surface area contributed by atoms with Crippen LogP contribution in [-0.4, -0.2) is 16.1 Å². The van der Waals surface area contributed by atoms with Crippen molar-refractivity contribution in [3.63, 3.8) is 0 Å². The number of aryl methyl sites for hydroxylation is 1. The lowest BCUT2D eigenvalue weighted by molar-refractivity contribution is 0.0696. The number of carboxylic acids is 1. The Kier molecular flexibility index (Phi) is 3.34. The number of fused-ring (bicyclic) bond motifs is 2. The largest absolute Gasteiger partial charge is 0.476 e. The molecular weight excluding hydrogens is 270 g/mol. The third-order valence-electron chi connectivity index (χ3n) is 3.76. The van der Waals surface area contributed by atoms with E-state index in [1.165, 1.54) is 22.5 Å². The second-order valence-corrected chi connectivity index (χ2v) is 6.65. The van der Waals surface area contributed by atoms with Gasteiger partial charge in [-0.3, -0.25) is 0 Å². The summed E-state index contributed by atoms with van der Waals surface area (Å²) in [4.78, 5) is 16.5. The summed E-state index contributed by atoms with van der Waals surface area (Å²) in [5.74, 6) is -0.426. The van der Waals surface area contributed by atoms with Crippen molar-refractivity contribution in [3.8, 4) is 0 Å². The van der Waals surface area contributed by atoms with Crippen molar-refractivity contribution in [1.29, 1.82) is 0 Å². The molecule has 0 aromatic carbocycles. The molecule has 0 fully saturated rings. The fourth-order valence-electron chi connectivity index (χ4n) is 2.89. The molecule has 0 radical (unpaired) electrons. The first kappa shape index (κ1) is 13.3. The second-order valence-electron chi connectivity index (χ2n) is 5.57. The fraction of sp³-hybridized carbons (Fsp3) is 0.375. The molecule has 1 atom stereocenters. The quantitative estimate of drug-likeness (QED) is 0.846. The summed E-state index contributed by atoms with van der Waals surface area (Å²) >= 11 is 1.31. The first-order valence-electron chi connectivity index (χ1n) is 6.86. The van der Waals surface area contributed by atoms with E-state index in [1.54, 1.807) is 0 Å². The first-order valence-corrected chi connectivity index (χ1v) is 7.68.